The maximum Gasteiger partial charge on any atom is 0.433 e. The highest BCUT2D eigenvalue weighted by atomic mass is 19.4. The normalized spacial score (nSPS) is 17.7. The van der Waals surface area contributed by atoms with Crippen LogP contribution in [0.15, 0.2) is 41.2 Å². The third-order valence-electron chi connectivity index (χ3n) is 6.70. The zero-order chi connectivity index (χ0) is 30.8. The fourth-order valence-electron chi connectivity index (χ4n) is 4.67. The monoisotopic (exact) mass is 607 g/mol. The average molecular weight is 607 g/mol. The Morgan fingerprint density at radius 2 is 1.57 bits per heavy atom. The van der Waals surface area contributed by atoms with Crippen molar-refractivity contribution in [3.8, 4) is 11.4 Å². The lowest BCUT2D eigenvalue weighted by Gasteiger charge is -2.28. The van der Waals surface area contributed by atoms with Gasteiger partial charge in [0.15, 0.2) is 5.69 Å². The Bertz CT molecular complexity index is 1490. The van der Waals surface area contributed by atoms with Gasteiger partial charge < -0.3 is 15.0 Å². The second-order valence-corrected chi connectivity index (χ2v) is 9.72. The number of aromatic nitrogens is 2. The quantitative estimate of drug-likeness (QED) is 0.310. The summed E-state index contributed by atoms with van der Waals surface area (Å²) in [5, 5.41) is 2.42. The fourth-order valence-corrected chi connectivity index (χ4v) is 4.67. The van der Waals surface area contributed by atoms with Crippen molar-refractivity contribution in [1.82, 2.24) is 15.3 Å². The van der Waals surface area contributed by atoms with Gasteiger partial charge in [0.25, 0.3) is 5.56 Å². The van der Waals surface area contributed by atoms with E-state index in [-0.39, 0.29) is 18.8 Å². The molecule has 0 spiro atoms. The van der Waals surface area contributed by atoms with Gasteiger partial charge in [-0.1, -0.05) is 6.07 Å². The van der Waals surface area contributed by atoms with Gasteiger partial charge in [0, 0.05) is 30.2 Å². The summed E-state index contributed by atoms with van der Waals surface area (Å²) in [6.07, 6.45) is -9.18. The predicted molar refractivity (Wildman–Crippen MR) is 129 cm³/mol. The molecule has 1 aliphatic rings. The van der Waals surface area contributed by atoms with Crippen LogP contribution in [-0.4, -0.2) is 22.0 Å². The molecule has 42 heavy (non-hydrogen) atoms. The van der Waals surface area contributed by atoms with E-state index in [1.807, 2.05) is 0 Å². The number of carbonyl (C=O) groups excluding carboxylic acids is 1. The van der Waals surface area contributed by atoms with E-state index in [9.17, 15) is 44.7 Å². The smallest absolute Gasteiger partial charge is 0.374 e. The average Bonchev–Trinajstić information content (AvgIpc) is 2.89. The molecule has 15 heteroatoms. The van der Waals surface area contributed by atoms with E-state index >= 15 is 4.39 Å². The first-order valence-corrected chi connectivity index (χ1v) is 12.5. The van der Waals surface area contributed by atoms with Gasteiger partial charge in [-0.2, -0.15) is 26.3 Å². The van der Waals surface area contributed by atoms with Crippen molar-refractivity contribution in [2.24, 2.45) is 5.92 Å². The molecule has 226 valence electrons. The Hall–Kier alpha value is -3.88. The lowest BCUT2D eigenvalue weighted by Crippen LogP contribution is -2.34. The summed E-state index contributed by atoms with van der Waals surface area (Å²) in [6, 6.07) is 4.18. The molecule has 1 saturated carbocycles. The Labute approximate surface area is 231 Å². The lowest BCUT2D eigenvalue weighted by molar-refractivity contribution is -0.141. The number of hydrogen-bond donors (Lipinski definition) is 2. The zero-order valence-corrected chi connectivity index (χ0v) is 21.4. The summed E-state index contributed by atoms with van der Waals surface area (Å²) in [5.41, 5.74) is -6.50. The number of alkyl halides is 6. The molecule has 1 aliphatic carbocycles. The lowest BCUT2D eigenvalue weighted by atomic mass is 9.86. The molecule has 1 heterocycles. The van der Waals surface area contributed by atoms with Gasteiger partial charge in [-0.15, -0.1) is 0 Å². The largest absolute Gasteiger partial charge is 0.433 e. The van der Waals surface area contributed by atoms with E-state index in [0.717, 1.165) is 24.3 Å². The molecule has 6 nitrogen and oxygen atoms in total. The van der Waals surface area contributed by atoms with E-state index in [2.05, 4.69) is 10.3 Å². The Balaban J connectivity index is 1.44. The topological polar surface area (TPSA) is 84.1 Å². The van der Waals surface area contributed by atoms with E-state index in [1.165, 1.54) is 0 Å². The SMILES string of the molecule is O=c1cc(C(F)(F)F)nc(-c2c(C(F)(F)F)ccc(CNC(=O)[C@H]3CC[C@H](OCc4cc(F)cc(F)c4)CC3)c2F)[nH]1. The maximum absolute atomic E-state index is 15.4. The minimum atomic E-state index is -5.21. The zero-order valence-electron chi connectivity index (χ0n) is 21.4. The fraction of sp³-hybridized carbons (Fsp3) is 0.370. The molecule has 3 aromatic rings. The van der Waals surface area contributed by atoms with Crippen LogP contribution in [0.5, 0.6) is 0 Å². The van der Waals surface area contributed by atoms with Crippen LogP contribution >= 0.6 is 0 Å². The van der Waals surface area contributed by atoms with Crippen molar-refractivity contribution in [2.45, 2.75) is 57.3 Å². The number of halogens is 9. The molecule has 2 aromatic carbocycles. The first-order chi connectivity index (χ1) is 19.6. The van der Waals surface area contributed by atoms with Crippen LogP contribution in [0.3, 0.4) is 0 Å². The Kier molecular flexibility index (Phi) is 8.99. The number of hydrogen-bond acceptors (Lipinski definition) is 4. The highest BCUT2D eigenvalue weighted by Gasteiger charge is 2.39. The molecule has 2 N–H and O–H groups in total. The number of ether oxygens (including phenoxy) is 1. The van der Waals surface area contributed by atoms with Crippen LogP contribution in [0.4, 0.5) is 39.5 Å². The minimum Gasteiger partial charge on any atom is -0.374 e. The van der Waals surface area contributed by atoms with Gasteiger partial charge in [-0.25, -0.2) is 18.2 Å². The molecule has 0 atom stereocenters. The van der Waals surface area contributed by atoms with Crippen molar-refractivity contribution >= 4 is 5.91 Å². The number of carbonyl (C=O) groups is 1. The number of H-pyrrole nitrogens is 1. The summed E-state index contributed by atoms with van der Waals surface area (Å²) >= 11 is 0. The maximum atomic E-state index is 15.4. The summed E-state index contributed by atoms with van der Waals surface area (Å²) < 4.78 is 128. The molecule has 1 fully saturated rings. The van der Waals surface area contributed by atoms with Crippen molar-refractivity contribution < 1.29 is 49.0 Å². The van der Waals surface area contributed by atoms with Gasteiger partial charge >= 0.3 is 12.4 Å². The molecule has 0 saturated heterocycles. The van der Waals surface area contributed by atoms with E-state index < -0.39 is 81.9 Å². The van der Waals surface area contributed by atoms with Crippen LogP contribution in [0.2, 0.25) is 0 Å². The van der Waals surface area contributed by atoms with E-state index in [4.69, 9.17) is 4.74 Å². The Morgan fingerprint density at radius 1 is 0.929 bits per heavy atom. The molecule has 1 aromatic heterocycles. The van der Waals surface area contributed by atoms with Crippen molar-refractivity contribution in [1.29, 1.82) is 0 Å². The number of amides is 1. The Morgan fingerprint density at radius 3 is 2.17 bits per heavy atom. The molecule has 0 aliphatic heterocycles. The number of nitrogens with zero attached hydrogens (tertiary/aromatic N) is 1. The molecule has 0 bridgehead atoms. The van der Waals surface area contributed by atoms with Crippen molar-refractivity contribution in [3.63, 3.8) is 0 Å². The van der Waals surface area contributed by atoms with Gasteiger partial charge in [0.2, 0.25) is 5.91 Å². The summed E-state index contributed by atoms with van der Waals surface area (Å²) in [4.78, 5) is 29.2. The summed E-state index contributed by atoms with van der Waals surface area (Å²) in [5.74, 6) is -5.46. The van der Waals surface area contributed by atoms with Crippen LogP contribution in [0.25, 0.3) is 11.4 Å². The highest BCUT2D eigenvalue weighted by molar-refractivity contribution is 5.78. The molecule has 0 radical (unpaired) electrons. The van der Waals surface area contributed by atoms with E-state index in [1.54, 1.807) is 4.98 Å². The van der Waals surface area contributed by atoms with Gasteiger partial charge in [0.05, 0.1) is 23.8 Å². The van der Waals surface area contributed by atoms with Gasteiger partial charge in [0.1, 0.15) is 23.3 Å². The molecular formula is C27H22F9N3O3. The van der Waals surface area contributed by atoms with Crippen LogP contribution in [0.1, 0.15) is 48.1 Å². The molecule has 4 rings (SSSR count). The molecule has 1 amide bonds. The first-order valence-electron chi connectivity index (χ1n) is 12.5. The number of rotatable bonds is 7. The summed E-state index contributed by atoms with van der Waals surface area (Å²) in [7, 11) is 0. The van der Waals surface area contributed by atoms with E-state index in [0.29, 0.717) is 37.3 Å². The number of aromatic amines is 1. The van der Waals surface area contributed by atoms with Gasteiger partial charge in [-0.3, -0.25) is 9.59 Å². The second-order valence-electron chi connectivity index (χ2n) is 9.72. The van der Waals surface area contributed by atoms with Crippen LogP contribution in [-0.2, 0) is 35.0 Å². The van der Waals surface area contributed by atoms with Crippen molar-refractivity contribution in [3.05, 3.63) is 86.6 Å². The van der Waals surface area contributed by atoms with Crippen LogP contribution < -0.4 is 10.9 Å². The first kappa shape index (κ1) is 31.1. The van der Waals surface area contributed by atoms with Gasteiger partial charge in [-0.05, 0) is 49.4 Å². The second kappa shape index (κ2) is 12.2. The van der Waals surface area contributed by atoms with Crippen molar-refractivity contribution in [2.75, 3.05) is 0 Å². The highest BCUT2D eigenvalue weighted by Crippen LogP contribution is 2.39. The molecular weight excluding hydrogens is 585 g/mol. The third-order valence-corrected chi connectivity index (χ3v) is 6.70. The number of benzene rings is 2. The van der Waals surface area contributed by atoms with Crippen LogP contribution in [0, 0.1) is 23.4 Å². The number of nitrogens with one attached hydrogen (secondary N) is 2. The standard InChI is InChI=1S/C27H22F9N3O3/c28-16-7-13(8-17(29)9-16)12-42-18-4-1-14(2-5-18)25(41)37-11-15-3-6-19(26(31,32)33)22(23(15)30)24-38-20(27(34,35)36)10-21(40)39-24/h3,6-10,14,18H,1-2,4-5,11-12H2,(H,37,41)(H,38,39,40)/t14-,18-. The molecule has 0 unspecified atom stereocenters. The third kappa shape index (κ3) is 7.49. The summed E-state index contributed by atoms with van der Waals surface area (Å²) in [6.45, 7) is -0.641. The minimum absolute atomic E-state index is 0.0276. The predicted octanol–water partition coefficient (Wildman–Crippen LogP) is 6.28.